The van der Waals surface area contributed by atoms with Crippen LogP contribution in [-0.4, -0.2) is 52.5 Å². The third-order valence-electron chi connectivity index (χ3n) is 3.27. The van der Waals surface area contributed by atoms with E-state index in [1.165, 1.54) is 0 Å². The van der Waals surface area contributed by atoms with Crippen LogP contribution in [-0.2, 0) is 6.54 Å². The van der Waals surface area contributed by atoms with Gasteiger partial charge in [0.05, 0.1) is 24.9 Å². The van der Waals surface area contributed by atoms with Crippen LogP contribution in [0.1, 0.15) is 11.1 Å². The van der Waals surface area contributed by atoms with Crippen molar-refractivity contribution in [3.05, 3.63) is 29.3 Å². The quantitative estimate of drug-likeness (QED) is 0.668. The van der Waals surface area contributed by atoms with Gasteiger partial charge in [0.1, 0.15) is 10.7 Å². The number of rotatable bonds is 4. The summed E-state index contributed by atoms with van der Waals surface area (Å²) >= 11 is 4.95. The summed E-state index contributed by atoms with van der Waals surface area (Å²) in [4.78, 5) is 2.29. The summed E-state index contributed by atoms with van der Waals surface area (Å²) in [5.74, 6) is 0.644. The molecular formula is C13H18N2O3S. The first-order chi connectivity index (χ1) is 9.01. The summed E-state index contributed by atoms with van der Waals surface area (Å²) in [5, 5.41) is 19.0. The number of β-amino-alcohol motifs (C(OH)–C–C–N with tert-alkyl or cyclic N) is 2. The van der Waals surface area contributed by atoms with Crippen LogP contribution in [0.4, 0.5) is 0 Å². The van der Waals surface area contributed by atoms with Crippen molar-refractivity contribution >= 4 is 17.2 Å². The lowest BCUT2D eigenvalue weighted by molar-refractivity contribution is 0.0572. The second-order valence-corrected chi connectivity index (χ2v) is 5.17. The molecule has 1 aromatic rings. The molecule has 5 nitrogen and oxygen atoms in total. The van der Waals surface area contributed by atoms with E-state index in [4.69, 9.17) is 22.7 Å². The molecule has 6 heteroatoms. The van der Waals surface area contributed by atoms with Gasteiger partial charge in [-0.2, -0.15) is 0 Å². The Morgan fingerprint density at radius 3 is 2.58 bits per heavy atom. The molecule has 1 aromatic carbocycles. The van der Waals surface area contributed by atoms with Crippen molar-refractivity contribution in [2.24, 2.45) is 5.73 Å². The Balaban J connectivity index is 2.12. The van der Waals surface area contributed by atoms with E-state index in [1.807, 2.05) is 23.1 Å². The van der Waals surface area contributed by atoms with Gasteiger partial charge in [0.2, 0.25) is 0 Å². The van der Waals surface area contributed by atoms with Crippen molar-refractivity contribution in [1.29, 1.82) is 0 Å². The van der Waals surface area contributed by atoms with Crippen molar-refractivity contribution in [2.75, 3.05) is 20.2 Å². The van der Waals surface area contributed by atoms with Gasteiger partial charge < -0.3 is 20.7 Å². The van der Waals surface area contributed by atoms with Crippen LogP contribution in [0.3, 0.4) is 0 Å². The summed E-state index contributed by atoms with van der Waals surface area (Å²) in [6.45, 7) is 1.59. The minimum Gasteiger partial charge on any atom is -0.496 e. The molecule has 0 aliphatic carbocycles. The molecule has 0 amide bonds. The molecule has 2 atom stereocenters. The highest BCUT2D eigenvalue weighted by molar-refractivity contribution is 7.80. The SMILES string of the molecule is COc1cc(CN2CC(O)C(O)C2)ccc1C(N)=S. The van der Waals surface area contributed by atoms with Crippen LogP contribution in [0, 0.1) is 0 Å². The van der Waals surface area contributed by atoms with Crippen molar-refractivity contribution < 1.29 is 14.9 Å². The fraction of sp³-hybridized carbons (Fsp3) is 0.462. The van der Waals surface area contributed by atoms with Gasteiger partial charge in [0.15, 0.2) is 0 Å². The number of hydrogen-bond acceptors (Lipinski definition) is 5. The maximum Gasteiger partial charge on any atom is 0.129 e. The normalized spacial score (nSPS) is 23.5. The lowest BCUT2D eigenvalue weighted by atomic mass is 10.1. The van der Waals surface area contributed by atoms with Crippen LogP contribution in [0.2, 0.25) is 0 Å². The van der Waals surface area contributed by atoms with E-state index in [0.29, 0.717) is 35.9 Å². The van der Waals surface area contributed by atoms with E-state index in [1.54, 1.807) is 7.11 Å². The average Bonchev–Trinajstić information content (AvgIpc) is 2.67. The molecule has 1 aliphatic rings. The van der Waals surface area contributed by atoms with Crippen molar-refractivity contribution in [3.63, 3.8) is 0 Å². The molecule has 19 heavy (non-hydrogen) atoms. The lowest BCUT2D eigenvalue weighted by Crippen LogP contribution is -2.22. The largest absolute Gasteiger partial charge is 0.496 e. The minimum absolute atomic E-state index is 0.301. The molecule has 0 aromatic heterocycles. The molecule has 0 saturated carbocycles. The molecular weight excluding hydrogens is 264 g/mol. The molecule has 2 rings (SSSR count). The van der Waals surface area contributed by atoms with E-state index in [9.17, 15) is 10.2 Å². The smallest absolute Gasteiger partial charge is 0.129 e. The van der Waals surface area contributed by atoms with Gasteiger partial charge in [-0.15, -0.1) is 0 Å². The Morgan fingerprint density at radius 1 is 1.42 bits per heavy atom. The van der Waals surface area contributed by atoms with Crippen molar-refractivity contribution in [1.82, 2.24) is 4.90 Å². The van der Waals surface area contributed by atoms with Crippen LogP contribution >= 0.6 is 12.2 Å². The Bertz CT molecular complexity index is 471. The molecule has 104 valence electrons. The Morgan fingerprint density at radius 2 is 2.05 bits per heavy atom. The maximum atomic E-state index is 9.51. The van der Waals surface area contributed by atoms with E-state index in [0.717, 1.165) is 5.56 Å². The highest BCUT2D eigenvalue weighted by Crippen LogP contribution is 2.22. The molecule has 0 radical (unpaired) electrons. The van der Waals surface area contributed by atoms with E-state index in [2.05, 4.69) is 0 Å². The number of nitrogens with two attached hydrogens (primary N) is 1. The Kier molecular flexibility index (Phi) is 4.36. The minimum atomic E-state index is -0.669. The monoisotopic (exact) mass is 282 g/mol. The zero-order chi connectivity index (χ0) is 14.0. The molecule has 0 bridgehead atoms. The number of thiocarbonyl (C=S) groups is 1. The summed E-state index contributed by atoms with van der Waals surface area (Å²) < 4.78 is 5.27. The number of nitrogens with zero attached hydrogens (tertiary/aromatic N) is 1. The molecule has 1 heterocycles. The molecule has 1 saturated heterocycles. The lowest BCUT2D eigenvalue weighted by Gasteiger charge is -2.16. The first-order valence-corrected chi connectivity index (χ1v) is 6.47. The maximum absolute atomic E-state index is 9.51. The van der Waals surface area contributed by atoms with Crippen LogP contribution in [0.15, 0.2) is 18.2 Å². The van der Waals surface area contributed by atoms with E-state index < -0.39 is 12.2 Å². The molecule has 2 unspecified atom stereocenters. The van der Waals surface area contributed by atoms with Gasteiger partial charge in [0.25, 0.3) is 0 Å². The summed E-state index contributed by atoms with van der Waals surface area (Å²) in [7, 11) is 1.57. The average molecular weight is 282 g/mol. The third-order valence-corrected chi connectivity index (χ3v) is 3.49. The van der Waals surface area contributed by atoms with Crippen molar-refractivity contribution in [3.8, 4) is 5.75 Å². The predicted molar refractivity (Wildman–Crippen MR) is 76.2 cm³/mol. The fourth-order valence-electron chi connectivity index (χ4n) is 2.27. The molecule has 0 spiro atoms. The van der Waals surface area contributed by atoms with Gasteiger partial charge in [-0.05, 0) is 17.7 Å². The number of aliphatic hydroxyl groups excluding tert-OH is 2. The topological polar surface area (TPSA) is 79.0 Å². The van der Waals surface area contributed by atoms with Gasteiger partial charge >= 0.3 is 0 Å². The van der Waals surface area contributed by atoms with Crippen LogP contribution in [0.25, 0.3) is 0 Å². The number of methoxy groups -OCH3 is 1. The van der Waals surface area contributed by atoms with Crippen LogP contribution in [0.5, 0.6) is 5.75 Å². The number of aliphatic hydroxyl groups is 2. The number of hydrogen-bond donors (Lipinski definition) is 3. The zero-order valence-electron chi connectivity index (χ0n) is 10.7. The predicted octanol–water partition coefficient (Wildman–Crippen LogP) is -0.133. The zero-order valence-corrected chi connectivity index (χ0v) is 11.6. The fourth-order valence-corrected chi connectivity index (χ4v) is 2.44. The van der Waals surface area contributed by atoms with E-state index in [-0.39, 0.29) is 0 Å². The first kappa shape index (κ1) is 14.2. The molecule has 4 N–H and O–H groups in total. The second kappa shape index (κ2) is 5.83. The molecule has 1 aliphatic heterocycles. The van der Waals surface area contributed by atoms with Gasteiger partial charge in [-0.25, -0.2) is 0 Å². The van der Waals surface area contributed by atoms with E-state index >= 15 is 0 Å². The molecule has 1 fully saturated rings. The van der Waals surface area contributed by atoms with Gasteiger partial charge in [-0.3, -0.25) is 4.90 Å². The Labute approximate surface area is 117 Å². The second-order valence-electron chi connectivity index (χ2n) is 4.73. The Hall–Kier alpha value is -1.21. The van der Waals surface area contributed by atoms with Crippen molar-refractivity contribution in [2.45, 2.75) is 18.8 Å². The number of ether oxygens (including phenoxy) is 1. The van der Waals surface area contributed by atoms with Crippen LogP contribution < -0.4 is 10.5 Å². The standard InChI is InChI=1S/C13H18N2O3S/c1-18-12-4-8(2-3-9(12)13(14)19)5-15-6-10(16)11(17)7-15/h2-4,10-11,16-17H,5-7H2,1H3,(H2,14,19). The van der Waals surface area contributed by atoms with Gasteiger partial charge in [-0.1, -0.05) is 18.3 Å². The van der Waals surface area contributed by atoms with Gasteiger partial charge in [0, 0.05) is 19.6 Å². The first-order valence-electron chi connectivity index (χ1n) is 6.06. The summed E-state index contributed by atoms with van der Waals surface area (Å²) in [6.07, 6.45) is -1.34. The number of likely N-dealkylation sites (tertiary alicyclic amines) is 1. The summed E-state index contributed by atoms with van der Waals surface area (Å²) in [5.41, 5.74) is 7.35. The highest BCUT2D eigenvalue weighted by atomic mass is 32.1. The summed E-state index contributed by atoms with van der Waals surface area (Å²) in [6, 6.07) is 5.64. The number of benzene rings is 1. The third kappa shape index (κ3) is 3.22. The highest BCUT2D eigenvalue weighted by Gasteiger charge is 2.29.